The van der Waals surface area contributed by atoms with Gasteiger partial charge < -0.3 is 24.4 Å². The van der Waals surface area contributed by atoms with Gasteiger partial charge in [0.15, 0.2) is 11.5 Å². The third kappa shape index (κ3) is 4.53. The van der Waals surface area contributed by atoms with Gasteiger partial charge in [0.05, 0.1) is 39.4 Å². The second-order valence-electron chi connectivity index (χ2n) is 9.34. The van der Waals surface area contributed by atoms with Crippen LogP contribution in [-0.2, 0) is 6.42 Å². The molecule has 7 heteroatoms. The number of hydrogen-bond donors (Lipinski definition) is 1. The lowest BCUT2D eigenvalue weighted by Gasteiger charge is -2.36. The maximum Gasteiger partial charge on any atom is 0.161 e. The van der Waals surface area contributed by atoms with Crippen LogP contribution in [0.25, 0.3) is 0 Å². The van der Waals surface area contributed by atoms with Gasteiger partial charge in [-0.1, -0.05) is 12.1 Å². The molecule has 2 aromatic rings. The molecule has 1 N–H and O–H groups in total. The van der Waals surface area contributed by atoms with Crippen molar-refractivity contribution in [1.29, 1.82) is 0 Å². The molecule has 0 radical (unpaired) electrons. The van der Waals surface area contributed by atoms with Crippen molar-refractivity contribution < 1.29 is 14.2 Å². The lowest BCUT2D eigenvalue weighted by molar-refractivity contribution is 0.264. The summed E-state index contributed by atoms with van der Waals surface area (Å²) in [6.45, 7) is 5.98. The van der Waals surface area contributed by atoms with Gasteiger partial charge >= 0.3 is 0 Å². The number of aliphatic imine (C=N–C) groups is 1. The Morgan fingerprint density at radius 1 is 0.941 bits per heavy atom. The predicted molar refractivity (Wildman–Crippen MR) is 136 cm³/mol. The maximum absolute atomic E-state index is 5.57. The quantitative estimate of drug-likeness (QED) is 0.679. The zero-order chi connectivity index (χ0) is 23.5. The summed E-state index contributed by atoms with van der Waals surface area (Å²) in [6.07, 6.45) is 3.18. The fourth-order valence-electron chi connectivity index (χ4n) is 5.67. The van der Waals surface area contributed by atoms with E-state index in [9.17, 15) is 0 Å². The summed E-state index contributed by atoms with van der Waals surface area (Å²) >= 11 is 0. The zero-order valence-corrected chi connectivity index (χ0v) is 20.5. The summed E-state index contributed by atoms with van der Waals surface area (Å²) in [7, 11) is 5.16. The van der Waals surface area contributed by atoms with Crippen molar-refractivity contribution in [1.82, 2.24) is 10.2 Å². The second kappa shape index (κ2) is 10.1. The van der Waals surface area contributed by atoms with Gasteiger partial charge in [-0.15, -0.1) is 0 Å². The van der Waals surface area contributed by atoms with E-state index < -0.39 is 0 Å². The molecule has 1 aliphatic carbocycles. The maximum atomic E-state index is 5.57. The highest BCUT2D eigenvalue weighted by Gasteiger charge is 2.37. The van der Waals surface area contributed by atoms with Crippen LogP contribution < -0.4 is 24.4 Å². The summed E-state index contributed by atoms with van der Waals surface area (Å²) < 4.78 is 16.6. The van der Waals surface area contributed by atoms with E-state index in [0.29, 0.717) is 12.0 Å². The molecule has 34 heavy (non-hydrogen) atoms. The highest BCUT2D eigenvalue weighted by Crippen LogP contribution is 2.42. The minimum absolute atomic E-state index is 0.465. The molecule has 0 amide bonds. The average molecular weight is 465 g/mol. The molecule has 0 aromatic heterocycles. The summed E-state index contributed by atoms with van der Waals surface area (Å²) in [4.78, 5) is 9.91. The Hall–Kier alpha value is -2.93. The molecule has 2 saturated heterocycles. The minimum atomic E-state index is 0.465. The predicted octanol–water partition coefficient (Wildman–Crippen LogP) is 3.32. The molecule has 2 aromatic carbocycles. The SMILES string of the molecule is COc1cc2c(cc1OC)[C@@H]1CC(=NCCN3CCN(c4ccccc4OC)CC3)N[C@@H]1CC2. The Morgan fingerprint density at radius 2 is 1.68 bits per heavy atom. The van der Waals surface area contributed by atoms with E-state index in [-0.39, 0.29) is 0 Å². The topological polar surface area (TPSA) is 58.6 Å². The van der Waals surface area contributed by atoms with Crippen LogP contribution in [0.4, 0.5) is 5.69 Å². The molecule has 2 atom stereocenters. The number of rotatable bonds is 7. The first kappa shape index (κ1) is 22.8. The van der Waals surface area contributed by atoms with Crippen molar-refractivity contribution in [2.75, 3.05) is 65.5 Å². The van der Waals surface area contributed by atoms with Gasteiger partial charge in [-0.25, -0.2) is 0 Å². The Balaban J connectivity index is 1.15. The molecule has 2 aliphatic heterocycles. The van der Waals surface area contributed by atoms with Crippen molar-refractivity contribution in [3.05, 3.63) is 47.5 Å². The molecule has 2 fully saturated rings. The molecule has 7 nitrogen and oxygen atoms in total. The van der Waals surface area contributed by atoms with Gasteiger partial charge in [-0.2, -0.15) is 0 Å². The Labute approximate surface area is 202 Å². The third-order valence-electron chi connectivity index (χ3n) is 7.54. The minimum Gasteiger partial charge on any atom is -0.495 e. The lowest BCUT2D eigenvalue weighted by atomic mass is 9.79. The van der Waals surface area contributed by atoms with Gasteiger partial charge in [-0.3, -0.25) is 9.89 Å². The van der Waals surface area contributed by atoms with Crippen LogP contribution in [0.2, 0.25) is 0 Å². The fourth-order valence-corrected chi connectivity index (χ4v) is 5.67. The summed E-state index contributed by atoms with van der Waals surface area (Å²) in [5.41, 5.74) is 3.96. The second-order valence-corrected chi connectivity index (χ2v) is 9.34. The molecule has 0 saturated carbocycles. The van der Waals surface area contributed by atoms with E-state index in [4.69, 9.17) is 19.2 Å². The number of benzene rings is 2. The van der Waals surface area contributed by atoms with Crippen LogP contribution in [0.15, 0.2) is 41.4 Å². The van der Waals surface area contributed by atoms with Crippen molar-refractivity contribution >= 4 is 11.5 Å². The number of para-hydroxylation sites is 2. The van der Waals surface area contributed by atoms with E-state index in [1.807, 2.05) is 12.1 Å². The molecule has 0 unspecified atom stereocenters. The fraction of sp³-hybridized carbons (Fsp3) is 0.519. The molecule has 0 bridgehead atoms. The number of ether oxygens (including phenoxy) is 3. The standard InChI is InChI=1S/C27H36N4O3/c1-32-24-7-5-4-6-23(24)31-14-12-30(13-15-31)11-10-28-27-18-21-20-17-26(34-3)25(33-2)16-19(20)8-9-22(21)29-27/h4-7,16-17,21-22H,8-15,18H2,1-3H3,(H,28,29)/t21-,22+/m0/s1. The average Bonchev–Trinajstić information content (AvgIpc) is 3.31. The number of hydrogen-bond acceptors (Lipinski definition) is 6. The zero-order valence-electron chi connectivity index (χ0n) is 20.5. The van der Waals surface area contributed by atoms with E-state index >= 15 is 0 Å². The number of anilines is 1. The van der Waals surface area contributed by atoms with Crippen molar-refractivity contribution in [3.8, 4) is 17.2 Å². The van der Waals surface area contributed by atoms with Gasteiger partial charge in [0, 0.05) is 51.1 Å². The van der Waals surface area contributed by atoms with Gasteiger partial charge in [0.25, 0.3) is 0 Å². The van der Waals surface area contributed by atoms with Crippen molar-refractivity contribution in [2.24, 2.45) is 4.99 Å². The number of nitrogens with one attached hydrogen (secondary N) is 1. The van der Waals surface area contributed by atoms with Crippen LogP contribution in [0, 0.1) is 0 Å². The molecule has 3 aliphatic rings. The summed E-state index contributed by atoms with van der Waals surface area (Å²) in [5, 5.41) is 3.72. The highest BCUT2D eigenvalue weighted by atomic mass is 16.5. The summed E-state index contributed by atoms with van der Waals surface area (Å²) in [6, 6.07) is 13.1. The number of aryl methyl sites for hydroxylation is 1. The Kier molecular flexibility index (Phi) is 6.81. The summed E-state index contributed by atoms with van der Waals surface area (Å²) in [5.74, 6) is 4.22. The Bertz CT molecular complexity index is 1030. The number of amidine groups is 1. The Morgan fingerprint density at radius 3 is 2.44 bits per heavy atom. The normalized spacial score (nSPS) is 23.3. The van der Waals surface area contributed by atoms with Gasteiger partial charge in [0.1, 0.15) is 5.75 Å². The molecule has 2 heterocycles. The molecule has 0 spiro atoms. The van der Waals surface area contributed by atoms with Crippen LogP contribution in [0.5, 0.6) is 17.2 Å². The highest BCUT2D eigenvalue weighted by molar-refractivity contribution is 5.86. The first-order valence-electron chi connectivity index (χ1n) is 12.3. The number of nitrogens with zero attached hydrogens (tertiary/aromatic N) is 3. The van der Waals surface area contributed by atoms with E-state index in [0.717, 1.165) is 81.6 Å². The molecular formula is C27H36N4O3. The van der Waals surface area contributed by atoms with E-state index in [1.54, 1.807) is 21.3 Å². The first-order valence-corrected chi connectivity index (χ1v) is 12.3. The monoisotopic (exact) mass is 464 g/mol. The van der Waals surface area contributed by atoms with Crippen molar-refractivity contribution in [3.63, 3.8) is 0 Å². The van der Waals surface area contributed by atoms with Crippen molar-refractivity contribution in [2.45, 2.75) is 31.2 Å². The van der Waals surface area contributed by atoms with Gasteiger partial charge in [0.2, 0.25) is 0 Å². The smallest absolute Gasteiger partial charge is 0.161 e. The number of piperazine rings is 1. The van der Waals surface area contributed by atoms with Crippen LogP contribution >= 0.6 is 0 Å². The molecule has 182 valence electrons. The van der Waals surface area contributed by atoms with E-state index in [2.05, 4.69) is 39.4 Å². The van der Waals surface area contributed by atoms with Crippen LogP contribution in [0.1, 0.15) is 29.9 Å². The molecular weight excluding hydrogens is 428 g/mol. The molecule has 5 rings (SSSR count). The number of fused-ring (bicyclic) bond motifs is 3. The largest absolute Gasteiger partial charge is 0.495 e. The first-order chi connectivity index (χ1) is 16.7. The van der Waals surface area contributed by atoms with Gasteiger partial charge in [-0.05, 0) is 48.2 Å². The van der Waals surface area contributed by atoms with Crippen LogP contribution in [0.3, 0.4) is 0 Å². The number of methoxy groups -OCH3 is 3. The lowest BCUT2D eigenvalue weighted by Crippen LogP contribution is -2.47. The van der Waals surface area contributed by atoms with Crippen LogP contribution in [-0.4, -0.2) is 77.4 Å². The van der Waals surface area contributed by atoms with E-state index in [1.165, 1.54) is 16.8 Å². The third-order valence-corrected chi connectivity index (χ3v) is 7.54.